The molecule has 0 radical (unpaired) electrons. The van der Waals surface area contributed by atoms with E-state index in [0.717, 1.165) is 0 Å². The van der Waals surface area contributed by atoms with Gasteiger partial charge in [0.05, 0.1) is 13.1 Å². The minimum atomic E-state index is -0.601. The molecule has 0 aliphatic carbocycles. The summed E-state index contributed by atoms with van der Waals surface area (Å²) in [7, 11) is 1.48. The zero-order chi connectivity index (χ0) is 13.8. The van der Waals surface area contributed by atoms with Crippen molar-refractivity contribution in [1.29, 1.82) is 0 Å². The summed E-state index contributed by atoms with van der Waals surface area (Å²) in [5.74, 6) is -0.140. The van der Waals surface area contributed by atoms with Gasteiger partial charge in [0, 0.05) is 19.4 Å². The number of nitrogens with two attached hydrogens (primary N) is 1. The van der Waals surface area contributed by atoms with Gasteiger partial charge in [0.25, 0.3) is 5.91 Å². The fraction of sp³-hybridized carbons (Fsp3) is 0.417. The average molecular weight is 265 g/mol. The fourth-order valence-corrected chi connectivity index (χ4v) is 1.74. The number of primary amides is 1. The second-order valence-electron chi connectivity index (χ2n) is 4.21. The van der Waals surface area contributed by atoms with Crippen molar-refractivity contribution >= 4 is 11.8 Å². The monoisotopic (exact) mass is 265 g/mol. The number of amides is 2. The van der Waals surface area contributed by atoms with E-state index in [1.54, 1.807) is 11.0 Å². The molecule has 7 heteroatoms. The van der Waals surface area contributed by atoms with Gasteiger partial charge in [0.2, 0.25) is 5.91 Å². The molecule has 0 spiro atoms. The van der Waals surface area contributed by atoms with E-state index in [2.05, 4.69) is 4.98 Å². The van der Waals surface area contributed by atoms with Crippen molar-refractivity contribution in [2.24, 2.45) is 5.73 Å². The van der Waals surface area contributed by atoms with Gasteiger partial charge in [-0.3, -0.25) is 14.6 Å². The summed E-state index contributed by atoms with van der Waals surface area (Å²) in [4.78, 5) is 27.9. The number of nitrogens with zero attached hydrogens (tertiary/aromatic N) is 2. The number of aromatic nitrogens is 1. The molecule has 1 fully saturated rings. The molecule has 0 bridgehead atoms. The van der Waals surface area contributed by atoms with Crippen molar-refractivity contribution in [3.8, 4) is 5.75 Å². The van der Waals surface area contributed by atoms with E-state index in [1.165, 1.54) is 19.4 Å². The second-order valence-corrected chi connectivity index (χ2v) is 4.21. The lowest BCUT2D eigenvalue weighted by Gasteiger charge is -2.38. The van der Waals surface area contributed by atoms with Gasteiger partial charge in [-0.15, -0.1) is 0 Å². The maximum absolute atomic E-state index is 11.4. The number of pyridine rings is 1. The average Bonchev–Trinajstić information content (AvgIpc) is 2.33. The van der Waals surface area contributed by atoms with Crippen molar-refractivity contribution in [2.45, 2.75) is 6.10 Å². The van der Waals surface area contributed by atoms with Crippen LogP contribution in [-0.4, -0.2) is 54.6 Å². The molecule has 7 nitrogen and oxygen atoms in total. The number of carbonyl (C=O) groups is 2. The molecule has 1 aliphatic rings. The van der Waals surface area contributed by atoms with Gasteiger partial charge < -0.3 is 20.1 Å². The van der Waals surface area contributed by atoms with Gasteiger partial charge in [-0.2, -0.15) is 0 Å². The van der Waals surface area contributed by atoms with E-state index in [0.29, 0.717) is 18.8 Å². The van der Waals surface area contributed by atoms with Crippen LogP contribution < -0.4 is 10.5 Å². The molecule has 102 valence electrons. The number of ether oxygens (including phenoxy) is 2. The lowest BCUT2D eigenvalue weighted by atomic mass is 10.1. The van der Waals surface area contributed by atoms with E-state index < -0.39 is 5.91 Å². The molecular weight excluding hydrogens is 250 g/mol. The fourth-order valence-electron chi connectivity index (χ4n) is 1.74. The number of hydrogen-bond donors (Lipinski definition) is 1. The van der Waals surface area contributed by atoms with Gasteiger partial charge in [-0.05, 0) is 6.07 Å². The first kappa shape index (κ1) is 13.3. The normalized spacial score (nSPS) is 14.9. The largest absolute Gasteiger partial charge is 0.487 e. The maximum Gasteiger partial charge on any atom is 0.267 e. The van der Waals surface area contributed by atoms with Crippen LogP contribution in [0.15, 0.2) is 18.3 Å². The van der Waals surface area contributed by atoms with Crippen molar-refractivity contribution in [3.63, 3.8) is 0 Å². The topological polar surface area (TPSA) is 94.8 Å². The first-order valence-electron chi connectivity index (χ1n) is 5.79. The standard InChI is InChI=1S/C12H15N3O4/c1-18-7-11(16)15-5-9(6-15)19-8-2-3-14-10(4-8)12(13)17/h2-4,9H,5-7H2,1H3,(H2,13,17). The predicted octanol–water partition coefficient (Wildman–Crippen LogP) is -0.583. The van der Waals surface area contributed by atoms with Crippen LogP contribution in [0, 0.1) is 0 Å². The highest BCUT2D eigenvalue weighted by atomic mass is 16.5. The van der Waals surface area contributed by atoms with Crippen LogP contribution in [0.5, 0.6) is 5.75 Å². The Morgan fingerprint density at radius 2 is 2.26 bits per heavy atom. The Labute approximate surface area is 110 Å². The Hall–Kier alpha value is -2.15. The number of methoxy groups -OCH3 is 1. The first-order chi connectivity index (χ1) is 9.10. The van der Waals surface area contributed by atoms with Crippen molar-refractivity contribution in [1.82, 2.24) is 9.88 Å². The van der Waals surface area contributed by atoms with Gasteiger partial charge in [-0.25, -0.2) is 0 Å². The summed E-state index contributed by atoms with van der Waals surface area (Å²) in [5, 5.41) is 0. The quantitative estimate of drug-likeness (QED) is 0.768. The van der Waals surface area contributed by atoms with E-state index in [-0.39, 0.29) is 24.3 Å². The molecule has 19 heavy (non-hydrogen) atoms. The lowest BCUT2D eigenvalue weighted by molar-refractivity contribution is -0.143. The first-order valence-corrected chi connectivity index (χ1v) is 5.79. The van der Waals surface area contributed by atoms with Crippen LogP contribution in [0.4, 0.5) is 0 Å². The molecule has 0 atom stereocenters. The van der Waals surface area contributed by atoms with Gasteiger partial charge in [-0.1, -0.05) is 0 Å². The van der Waals surface area contributed by atoms with Crippen molar-refractivity contribution in [2.75, 3.05) is 26.8 Å². The van der Waals surface area contributed by atoms with Gasteiger partial charge in [0.15, 0.2) is 0 Å². The molecule has 1 aliphatic heterocycles. The molecule has 1 saturated heterocycles. The molecule has 1 aromatic heterocycles. The minimum absolute atomic E-state index is 0.0603. The third-order valence-corrected chi connectivity index (χ3v) is 2.76. The number of likely N-dealkylation sites (tertiary alicyclic amines) is 1. The highest BCUT2D eigenvalue weighted by Crippen LogP contribution is 2.18. The number of rotatable bonds is 5. The van der Waals surface area contributed by atoms with Crippen LogP contribution >= 0.6 is 0 Å². The van der Waals surface area contributed by atoms with E-state index >= 15 is 0 Å². The Morgan fingerprint density at radius 3 is 2.89 bits per heavy atom. The lowest BCUT2D eigenvalue weighted by Crippen LogP contribution is -2.57. The zero-order valence-electron chi connectivity index (χ0n) is 10.5. The Bertz CT molecular complexity index is 486. The molecule has 2 N–H and O–H groups in total. The van der Waals surface area contributed by atoms with E-state index in [4.69, 9.17) is 15.2 Å². The molecule has 2 heterocycles. The Morgan fingerprint density at radius 1 is 1.53 bits per heavy atom. The molecular formula is C12H15N3O4. The van der Waals surface area contributed by atoms with Crippen LogP contribution in [0.3, 0.4) is 0 Å². The van der Waals surface area contributed by atoms with Gasteiger partial charge >= 0.3 is 0 Å². The zero-order valence-corrected chi connectivity index (χ0v) is 10.5. The van der Waals surface area contributed by atoms with Crippen LogP contribution in [0.2, 0.25) is 0 Å². The summed E-state index contributed by atoms with van der Waals surface area (Å²) < 4.78 is 10.4. The summed E-state index contributed by atoms with van der Waals surface area (Å²) in [6.45, 7) is 1.10. The molecule has 0 unspecified atom stereocenters. The molecule has 1 aromatic rings. The van der Waals surface area contributed by atoms with Crippen LogP contribution in [0.25, 0.3) is 0 Å². The number of hydrogen-bond acceptors (Lipinski definition) is 5. The molecule has 2 rings (SSSR count). The second kappa shape index (κ2) is 5.66. The Kier molecular flexibility index (Phi) is 3.96. The third-order valence-electron chi connectivity index (χ3n) is 2.76. The van der Waals surface area contributed by atoms with Crippen molar-refractivity contribution in [3.05, 3.63) is 24.0 Å². The molecule has 2 amide bonds. The highest BCUT2D eigenvalue weighted by molar-refractivity contribution is 5.91. The van der Waals surface area contributed by atoms with Gasteiger partial charge in [0.1, 0.15) is 24.2 Å². The van der Waals surface area contributed by atoms with Crippen LogP contribution in [0.1, 0.15) is 10.5 Å². The summed E-state index contributed by atoms with van der Waals surface area (Å²) in [5.41, 5.74) is 5.29. The van der Waals surface area contributed by atoms with Crippen molar-refractivity contribution < 1.29 is 19.1 Å². The van der Waals surface area contributed by atoms with E-state index in [1.807, 2.05) is 0 Å². The SMILES string of the molecule is COCC(=O)N1CC(Oc2ccnc(C(N)=O)c2)C1. The third kappa shape index (κ3) is 3.19. The maximum atomic E-state index is 11.4. The molecule has 0 aromatic carbocycles. The minimum Gasteiger partial charge on any atom is -0.487 e. The van der Waals surface area contributed by atoms with E-state index in [9.17, 15) is 9.59 Å². The Balaban J connectivity index is 1.86. The summed E-state index contributed by atoms with van der Waals surface area (Å²) >= 11 is 0. The smallest absolute Gasteiger partial charge is 0.267 e. The highest BCUT2D eigenvalue weighted by Gasteiger charge is 2.32. The predicted molar refractivity (Wildman–Crippen MR) is 65.6 cm³/mol. The number of carbonyl (C=O) groups excluding carboxylic acids is 2. The summed E-state index contributed by atoms with van der Waals surface area (Å²) in [6, 6.07) is 3.13. The van der Waals surface area contributed by atoms with Crippen LogP contribution in [-0.2, 0) is 9.53 Å². The summed E-state index contributed by atoms with van der Waals surface area (Å²) in [6.07, 6.45) is 1.38. The molecule has 0 saturated carbocycles.